The summed E-state index contributed by atoms with van der Waals surface area (Å²) in [6.07, 6.45) is 0. The third-order valence-electron chi connectivity index (χ3n) is 1.76. The Kier molecular flexibility index (Phi) is 2.29. The fourth-order valence-electron chi connectivity index (χ4n) is 1.11. The van der Waals surface area contributed by atoms with E-state index in [0.29, 0.717) is 10.7 Å². The van der Waals surface area contributed by atoms with E-state index in [1.54, 1.807) is 12.4 Å². The molecule has 9 heteroatoms. The highest BCUT2D eigenvalue weighted by Gasteiger charge is 2.20. The second-order valence-electron chi connectivity index (χ2n) is 2.79. The van der Waals surface area contributed by atoms with E-state index in [-0.39, 0.29) is 4.90 Å². The fourth-order valence-corrected chi connectivity index (χ4v) is 3.10. The normalized spacial score (nSPS) is 11.9. The van der Waals surface area contributed by atoms with Gasteiger partial charge >= 0.3 is 0 Å². The Hall–Kier alpha value is -1.32. The zero-order valence-corrected chi connectivity index (χ0v) is 9.29. The van der Waals surface area contributed by atoms with Crippen molar-refractivity contribution in [3.05, 3.63) is 11.4 Å². The summed E-state index contributed by atoms with van der Waals surface area (Å²) in [7, 11) is -2.10. The molecule has 0 aliphatic carbocycles. The first-order valence-corrected chi connectivity index (χ1v) is 6.26. The van der Waals surface area contributed by atoms with Crippen LogP contribution in [0.15, 0.2) is 16.3 Å². The molecule has 0 saturated heterocycles. The number of hydrogen-bond acceptors (Lipinski definition) is 6. The molecule has 0 fully saturated rings. The van der Waals surface area contributed by atoms with Crippen LogP contribution in [0.25, 0.3) is 10.7 Å². The van der Waals surface area contributed by atoms with E-state index in [2.05, 4.69) is 15.5 Å². The van der Waals surface area contributed by atoms with Gasteiger partial charge < -0.3 is 0 Å². The summed E-state index contributed by atoms with van der Waals surface area (Å²) in [6.45, 7) is 0. The fraction of sp³-hybridized carbons (Fsp3) is 0.167. The quantitative estimate of drug-likeness (QED) is 0.774. The van der Waals surface area contributed by atoms with Crippen LogP contribution in [0.5, 0.6) is 0 Å². The van der Waals surface area contributed by atoms with Crippen LogP contribution >= 0.6 is 11.3 Å². The average molecular weight is 245 g/mol. The van der Waals surface area contributed by atoms with Gasteiger partial charge in [0.1, 0.15) is 4.90 Å². The number of thiophene rings is 1. The molecule has 0 saturated carbocycles. The number of primary sulfonamides is 1. The molecular weight excluding hydrogens is 238 g/mol. The van der Waals surface area contributed by atoms with E-state index in [4.69, 9.17) is 5.14 Å². The molecule has 2 aromatic heterocycles. The molecule has 0 unspecified atom stereocenters. The highest BCUT2D eigenvalue weighted by Crippen LogP contribution is 2.29. The zero-order chi connectivity index (χ0) is 11.1. The molecular formula is C6H7N5O2S2. The topological polar surface area (TPSA) is 104 Å². The third kappa shape index (κ3) is 1.76. The van der Waals surface area contributed by atoms with Crippen LogP contribution in [0.3, 0.4) is 0 Å². The number of aromatic nitrogens is 4. The van der Waals surface area contributed by atoms with Crippen LogP contribution in [0.1, 0.15) is 0 Å². The van der Waals surface area contributed by atoms with Gasteiger partial charge in [-0.2, -0.15) is 0 Å². The minimum Gasteiger partial charge on any atom is -0.228 e. The van der Waals surface area contributed by atoms with E-state index >= 15 is 0 Å². The molecule has 2 rings (SSSR count). The number of rotatable bonds is 2. The Labute approximate surface area is 89.6 Å². The van der Waals surface area contributed by atoms with Crippen LogP contribution in [0.2, 0.25) is 0 Å². The maximum Gasteiger partial charge on any atom is 0.239 e. The van der Waals surface area contributed by atoms with Crippen molar-refractivity contribution in [3.63, 3.8) is 0 Å². The molecule has 0 bridgehead atoms. The van der Waals surface area contributed by atoms with E-state index in [1.165, 1.54) is 22.1 Å². The lowest BCUT2D eigenvalue weighted by Crippen LogP contribution is -2.12. The van der Waals surface area contributed by atoms with E-state index in [9.17, 15) is 8.42 Å². The predicted octanol–water partition coefficient (Wildman–Crippen LogP) is -0.414. The zero-order valence-electron chi connectivity index (χ0n) is 7.65. The van der Waals surface area contributed by atoms with Crippen molar-refractivity contribution in [2.75, 3.05) is 0 Å². The third-order valence-corrected chi connectivity index (χ3v) is 3.75. The number of sulfonamides is 1. The maximum atomic E-state index is 11.2. The standard InChI is InChI=1S/C6H7N5O2S2/c1-11-6(8-9-10-11)5-4(2-3-14-5)15(7,12)13/h2-3H,1H3,(H2,7,12,13). The first-order valence-electron chi connectivity index (χ1n) is 3.83. The second-order valence-corrected chi connectivity index (χ2v) is 5.23. The molecule has 80 valence electrons. The van der Waals surface area contributed by atoms with Crippen molar-refractivity contribution in [2.24, 2.45) is 12.2 Å². The van der Waals surface area contributed by atoms with Crippen LogP contribution < -0.4 is 5.14 Å². The van der Waals surface area contributed by atoms with Gasteiger partial charge in [0, 0.05) is 7.05 Å². The molecule has 2 aromatic rings. The Morgan fingerprint density at radius 3 is 2.80 bits per heavy atom. The number of hydrogen-bond donors (Lipinski definition) is 1. The van der Waals surface area contributed by atoms with Crippen LogP contribution in [0, 0.1) is 0 Å². The van der Waals surface area contributed by atoms with Gasteiger partial charge in [-0.3, -0.25) is 0 Å². The summed E-state index contributed by atoms with van der Waals surface area (Å²) < 4.78 is 23.8. The second kappa shape index (κ2) is 3.36. The lowest BCUT2D eigenvalue weighted by atomic mass is 10.4. The summed E-state index contributed by atoms with van der Waals surface area (Å²) >= 11 is 1.23. The minimum atomic E-state index is -3.73. The Bertz CT molecular complexity index is 584. The SMILES string of the molecule is Cn1nnnc1-c1sccc1S(N)(=O)=O. The molecule has 0 aliphatic rings. The van der Waals surface area contributed by atoms with Crippen molar-refractivity contribution < 1.29 is 8.42 Å². The molecule has 0 spiro atoms. The summed E-state index contributed by atoms with van der Waals surface area (Å²) in [5, 5.41) is 17.5. The molecule has 2 heterocycles. The highest BCUT2D eigenvalue weighted by atomic mass is 32.2. The van der Waals surface area contributed by atoms with Gasteiger partial charge in [-0.05, 0) is 21.9 Å². The minimum absolute atomic E-state index is 0.0467. The maximum absolute atomic E-state index is 11.2. The van der Waals surface area contributed by atoms with Crippen molar-refractivity contribution in [2.45, 2.75) is 4.90 Å². The largest absolute Gasteiger partial charge is 0.239 e. The Morgan fingerprint density at radius 2 is 2.27 bits per heavy atom. The van der Waals surface area contributed by atoms with Gasteiger partial charge in [-0.1, -0.05) is 0 Å². The first kappa shape index (κ1) is 10.2. The van der Waals surface area contributed by atoms with Gasteiger partial charge in [0.05, 0.1) is 4.88 Å². The lowest BCUT2D eigenvalue weighted by molar-refractivity contribution is 0.598. The van der Waals surface area contributed by atoms with Crippen molar-refractivity contribution in [3.8, 4) is 10.7 Å². The summed E-state index contributed by atoms with van der Waals surface area (Å²) in [6, 6.07) is 1.43. The van der Waals surface area contributed by atoms with Crippen molar-refractivity contribution >= 4 is 21.4 Å². The predicted molar refractivity (Wildman–Crippen MR) is 53.5 cm³/mol. The summed E-state index contributed by atoms with van der Waals surface area (Å²) in [5.74, 6) is 0.383. The molecule has 15 heavy (non-hydrogen) atoms. The monoisotopic (exact) mass is 245 g/mol. The molecule has 0 atom stereocenters. The van der Waals surface area contributed by atoms with Gasteiger partial charge in [0.15, 0.2) is 5.82 Å². The Morgan fingerprint density at radius 1 is 1.53 bits per heavy atom. The Balaban J connectivity index is 2.66. The molecule has 0 radical (unpaired) electrons. The number of aryl methyl sites for hydroxylation is 1. The van der Waals surface area contributed by atoms with Crippen LogP contribution in [0.4, 0.5) is 0 Å². The summed E-state index contributed by atoms with van der Waals surface area (Å²) in [4.78, 5) is 0.496. The molecule has 7 nitrogen and oxygen atoms in total. The first-order chi connectivity index (χ1) is 7.00. The van der Waals surface area contributed by atoms with Gasteiger partial charge in [0.25, 0.3) is 0 Å². The van der Waals surface area contributed by atoms with E-state index in [0.717, 1.165) is 0 Å². The molecule has 0 aliphatic heterocycles. The lowest BCUT2D eigenvalue weighted by Gasteiger charge is -1.98. The number of nitrogens with two attached hydrogens (primary N) is 1. The highest BCUT2D eigenvalue weighted by molar-refractivity contribution is 7.89. The molecule has 0 amide bonds. The van der Waals surface area contributed by atoms with Crippen LogP contribution in [-0.2, 0) is 17.1 Å². The van der Waals surface area contributed by atoms with Gasteiger partial charge in [-0.15, -0.1) is 16.4 Å². The van der Waals surface area contributed by atoms with E-state index < -0.39 is 10.0 Å². The van der Waals surface area contributed by atoms with E-state index in [1.807, 2.05) is 0 Å². The molecule has 0 aromatic carbocycles. The molecule has 2 N–H and O–H groups in total. The average Bonchev–Trinajstić information content (AvgIpc) is 2.69. The van der Waals surface area contributed by atoms with Crippen LogP contribution in [-0.4, -0.2) is 28.6 Å². The number of tetrazole rings is 1. The summed E-state index contributed by atoms with van der Waals surface area (Å²) in [5.41, 5.74) is 0. The van der Waals surface area contributed by atoms with Gasteiger partial charge in [-0.25, -0.2) is 18.2 Å². The number of nitrogens with zero attached hydrogens (tertiary/aromatic N) is 4. The van der Waals surface area contributed by atoms with Crippen molar-refractivity contribution in [1.29, 1.82) is 0 Å². The van der Waals surface area contributed by atoms with Crippen molar-refractivity contribution in [1.82, 2.24) is 20.2 Å². The smallest absolute Gasteiger partial charge is 0.228 e. The van der Waals surface area contributed by atoms with Gasteiger partial charge in [0.2, 0.25) is 10.0 Å².